The third kappa shape index (κ3) is 4.42. The number of para-hydroxylation sites is 1. The smallest absolute Gasteiger partial charge is 0.249 e. The van der Waals surface area contributed by atoms with Crippen molar-refractivity contribution in [1.82, 2.24) is 10.3 Å². The van der Waals surface area contributed by atoms with E-state index < -0.39 is 12.1 Å². The Balaban J connectivity index is 1.74. The average molecular weight is 361 g/mol. The van der Waals surface area contributed by atoms with Gasteiger partial charge in [0.05, 0.1) is 16.3 Å². The standard InChI is InChI=1S/C18H23N3O3S/c19-10-4-3-7-13(20-17(23)14-8-5-11-24-14)16(22)18-21-12-6-1-2-9-15(12)25-18/h1-2,6,9,13-14H,3-5,7-8,10-11,19H2,(H,20,23)/t13-,14?/m0/s1. The predicted molar refractivity (Wildman–Crippen MR) is 97.8 cm³/mol. The van der Waals surface area contributed by atoms with Gasteiger partial charge in [0.1, 0.15) is 6.10 Å². The van der Waals surface area contributed by atoms with Gasteiger partial charge in [-0.2, -0.15) is 0 Å². The van der Waals surface area contributed by atoms with Gasteiger partial charge in [0.2, 0.25) is 11.7 Å². The number of amides is 1. The number of carbonyl (C=O) groups is 2. The molecule has 1 aromatic heterocycles. The summed E-state index contributed by atoms with van der Waals surface area (Å²) >= 11 is 1.36. The zero-order valence-corrected chi connectivity index (χ0v) is 14.9. The molecule has 6 nitrogen and oxygen atoms in total. The molecule has 1 aromatic carbocycles. The molecule has 134 valence electrons. The van der Waals surface area contributed by atoms with Crippen molar-refractivity contribution in [3.63, 3.8) is 0 Å². The summed E-state index contributed by atoms with van der Waals surface area (Å²) in [6.45, 7) is 1.17. The van der Waals surface area contributed by atoms with Crippen LogP contribution < -0.4 is 11.1 Å². The topological polar surface area (TPSA) is 94.3 Å². The van der Waals surface area contributed by atoms with Crippen molar-refractivity contribution in [3.05, 3.63) is 29.3 Å². The molecule has 0 spiro atoms. The van der Waals surface area contributed by atoms with Gasteiger partial charge in [-0.25, -0.2) is 4.98 Å². The highest BCUT2D eigenvalue weighted by Gasteiger charge is 2.29. The fourth-order valence-corrected chi connectivity index (χ4v) is 3.90. The third-order valence-corrected chi connectivity index (χ3v) is 5.36. The molecule has 2 aromatic rings. The molecule has 3 rings (SSSR count). The first-order chi connectivity index (χ1) is 12.2. The van der Waals surface area contributed by atoms with Crippen molar-refractivity contribution in [3.8, 4) is 0 Å². The van der Waals surface area contributed by atoms with Crippen LogP contribution in [0.1, 0.15) is 41.9 Å². The molecule has 1 amide bonds. The van der Waals surface area contributed by atoms with E-state index in [2.05, 4.69) is 10.3 Å². The van der Waals surface area contributed by atoms with E-state index in [0.717, 1.165) is 29.5 Å². The van der Waals surface area contributed by atoms with Crippen LogP contribution in [-0.2, 0) is 9.53 Å². The molecule has 1 saturated heterocycles. The molecular formula is C18H23N3O3S. The molecule has 2 atom stereocenters. The number of unbranched alkanes of at least 4 members (excludes halogenated alkanes) is 1. The zero-order valence-electron chi connectivity index (χ0n) is 14.1. The van der Waals surface area contributed by atoms with Gasteiger partial charge in [0, 0.05) is 6.61 Å². The van der Waals surface area contributed by atoms with E-state index in [0.29, 0.717) is 31.0 Å². The second kappa shape index (κ2) is 8.51. The molecule has 2 heterocycles. The number of nitrogens with one attached hydrogen (secondary N) is 1. The van der Waals surface area contributed by atoms with Gasteiger partial charge in [-0.15, -0.1) is 11.3 Å². The third-order valence-electron chi connectivity index (χ3n) is 4.31. The number of Topliss-reactive ketones (excluding diaryl/α,β-unsaturated/α-hetero) is 1. The van der Waals surface area contributed by atoms with Crippen LogP contribution >= 0.6 is 11.3 Å². The number of nitrogens with zero attached hydrogens (tertiary/aromatic N) is 1. The molecule has 0 radical (unpaired) electrons. The molecule has 1 unspecified atom stereocenters. The summed E-state index contributed by atoms with van der Waals surface area (Å²) in [5.74, 6) is -0.339. The van der Waals surface area contributed by atoms with Gasteiger partial charge in [-0.3, -0.25) is 9.59 Å². The molecule has 0 bridgehead atoms. The van der Waals surface area contributed by atoms with E-state index in [4.69, 9.17) is 10.5 Å². The molecule has 1 aliphatic heterocycles. The number of nitrogens with two attached hydrogens (primary N) is 1. The Morgan fingerprint density at radius 2 is 2.20 bits per heavy atom. The maximum atomic E-state index is 12.9. The summed E-state index contributed by atoms with van der Waals surface area (Å²) in [6, 6.07) is 7.07. The predicted octanol–water partition coefficient (Wildman–Crippen LogP) is 2.27. The zero-order chi connectivity index (χ0) is 17.6. The van der Waals surface area contributed by atoms with Crippen LogP contribution in [0.4, 0.5) is 0 Å². The molecule has 0 saturated carbocycles. The van der Waals surface area contributed by atoms with E-state index >= 15 is 0 Å². The summed E-state index contributed by atoms with van der Waals surface area (Å²) in [6.07, 6.45) is 3.30. The number of ether oxygens (including phenoxy) is 1. The van der Waals surface area contributed by atoms with Crippen molar-refractivity contribution >= 4 is 33.2 Å². The highest BCUT2D eigenvalue weighted by Crippen LogP contribution is 2.23. The minimum Gasteiger partial charge on any atom is -0.368 e. The average Bonchev–Trinajstić information content (AvgIpc) is 3.29. The van der Waals surface area contributed by atoms with E-state index in [9.17, 15) is 9.59 Å². The highest BCUT2D eigenvalue weighted by molar-refractivity contribution is 7.20. The van der Waals surface area contributed by atoms with Crippen molar-refractivity contribution < 1.29 is 14.3 Å². The van der Waals surface area contributed by atoms with Crippen molar-refractivity contribution in [2.45, 2.75) is 44.2 Å². The Kier molecular flexibility index (Phi) is 6.12. The van der Waals surface area contributed by atoms with Crippen LogP contribution in [0.3, 0.4) is 0 Å². The first-order valence-corrected chi connectivity index (χ1v) is 9.52. The monoisotopic (exact) mass is 361 g/mol. The minimum absolute atomic E-state index is 0.135. The lowest BCUT2D eigenvalue weighted by atomic mass is 10.0. The van der Waals surface area contributed by atoms with Crippen LogP contribution in [0.15, 0.2) is 24.3 Å². The van der Waals surface area contributed by atoms with Crippen LogP contribution in [-0.4, -0.2) is 42.0 Å². The SMILES string of the molecule is NCCCC[C@H](NC(=O)C1CCCO1)C(=O)c1nc2ccccc2s1. The molecule has 7 heteroatoms. The quantitative estimate of drug-likeness (QED) is 0.556. The normalized spacial score (nSPS) is 18.4. The Labute approximate surface area is 150 Å². The van der Waals surface area contributed by atoms with Crippen LogP contribution in [0.25, 0.3) is 10.2 Å². The van der Waals surface area contributed by atoms with E-state index in [-0.39, 0.29) is 11.7 Å². The molecule has 25 heavy (non-hydrogen) atoms. The Hall–Kier alpha value is -1.83. The van der Waals surface area contributed by atoms with E-state index in [1.54, 1.807) is 0 Å². The van der Waals surface area contributed by atoms with Gasteiger partial charge in [0.15, 0.2) is 5.01 Å². The van der Waals surface area contributed by atoms with Gasteiger partial charge in [-0.1, -0.05) is 12.1 Å². The lowest BCUT2D eigenvalue weighted by molar-refractivity contribution is -0.130. The number of hydrogen-bond donors (Lipinski definition) is 2. The minimum atomic E-state index is -0.580. The summed E-state index contributed by atoms with van der Waals surface area (Å²) < 4.78 is 6.39. The first kappa shape index (κ1) is 18.0. The maximum Gasteiger partial charge on any atom is 0.249 e. The number of aromatic nitrogens is 1. The Morgan fingerprint density at radius 1 is 1.36 bits per heavy atom. The Bertz CT molecular complexity index is 707. The summed E-state index contributed by atoms with van der Waals surface area (Å²) in [7, 11) is 0. The van der Waals surface area contributed by atoms with E-state index in [1.165, 1.54) is 11.3 Å². The number of ketones is 1. The number of fused-ring (bicyclic) bond motifs is 1. The maximum absolute atomic E-state index is 12.9. The molecule has 1 fully saturated rings. The summed E-state index contributed by atoms with van der Waals surface area (Å²) in [5, 5.41) is 3.31. The number of hydrogen-bond acceptors (Lipinski definition) is 6. The van der Waals surface area contributed by atoms with Crippen molar-refractivity contribution in [2.75, 3.05) is 13.2 Å². The van der Waals surface area contributed by atoms with E-state index in [1.807, 2.05) is 24.3 Å². The fraction of sp³-hybridized carbons (Fsp3) is 0.500. The lowest BCUT2D eigenvalue weighted by Gasteiger charge is -2.18. The molecular weight excluding hydrogens is 338 g/mol. The molecule has 0 aliphatic carbocycles. The summed E-state index contributed by atoms with van der Waals surface area (Å²) in [5.41, 5.74) is 6.36. The van der Waals surface area contributed by atoms with Crippen LogP contribution in [0.2, 0.25) is 0 Å². The van der Waals surface area contributed by atoms with Gasteiger partial charge in [-0.05, 0) is 50.8 Å². The number of thiazole rings is 1. The van der Waals surface area contributed by atoms with Crippen LogP contribution in [0, 0.1) is 0 Å². The van der Waals surface area contributed by atoms with Crippen molar-refractivity contribution in [1.29, 1.82) is 0 Å². The summed E-state index contributed by atoms with van der Waals surface area (Å²) in [4.78, 5) is 29.7. The molecule has 3 N–H and O–H groups in total. The van der Waals surface area contributed by atoms with Gasteiger partial charge >= 0.3 is 0 Å². The fourth-order valence-electron chi connectivity index (χ4n) is 2.94. The van der Waals surface area contributed by atoms with Crippen LogP contribution in [0.5, 0.6) is 0 Å². The highest BCUT2D eigenvalue weighted by atomic mass is 32.1. The lowest BCUT2D eigenvalue weighted by Crippen LogP contribution is -2.45. The first-order valence-electron chi connectivity index (χ1n) is 8.71. The number of rotatable bonds is 8. The Morgan fingerprint density at radius 3 is 2.92 bits per heavy atom. The number of benzene rings is 1. The number of carbonyl (C=O) groups excluding carboxylic acids is 2. The van der Waals surface area contributed by atoms with Gasteiger partial charge in [0.25, 0.3) is 0 Å². The molecule has 1 aliphatic rings. The van der Waals surface area contributed by atoms with Crippen molar-refractivity contribution in [2.24, 2.45) is 5.73 Å². The van der Waals surface area contributed by atoms with Gasteiger partial charge < -0.3 is 15.8 Å². The second-order valence-corrected chi connectivity index (χ2v) is 7.23. The second-order valence-electron chi connectivity index (χ2n) is 6.20. The largest absolute Gasteiger partial charge is 0.368 e.